The van der Waals surface area contributed by atoms with Crippen LogP contribution in [0.3, 0.4) is 0 Å². The lowest BCUT2D eigenvalue weighted by atomic mass is 10.1. The second-order valence-corrected chi connectivity index (χ2v) is 7.36. The van der Waals surface area contributed by atoms with Gasteiger partial charge in [0.2, 0.25) is 10.0 Å². The topological polar surface area (TPSA) is 67.2 Å². The van der Waals surface area contributed by atoms with E-state index in [4.69, 9.17) is 0 Å². The van der Waals surface area contributed by atoms with Gasteiger partial charge in [0.25, 0.3) is 0 Å². The van der Waals surface area contributed by atoms with Crippen molar-refractivity contribution < 1.29 is 8.42 Å². The van der Waals surface area contributed by atoms with Gasteiger partial charge in [-0.3, -0.25) is 4.68 Å². The summed E-state index contributed by atoms with van der Waals surface area (Å²) in [6.07, 6.45) is 1.58. The maximum absolute atomic E-state index is 13.0. The van der Waals surface area contributed by atoms with E-state index in [9.17, 15) is 8.42 Å². The minimum absolute atomic E-state index is 0.195. The number of benzene rings is 1. The van der Waals surface area contributed by atoms with Crippen LogP contribution in [0.15, 0.2) is 41.4 Å². The highest BCUT2D eigenvalue weighted by Gasteiger charge is 2.36. The smallest absolute Gasteiger partial charge is 0.247 e. The first kappa shape index (κ1) is 15.2. The maximum atomic E-state index is 13.0. The van der Waals surface area contributed by atoms with Crippen molar-refractivity contribution in [3.05, 3.63) is 47.8 Å². The fourth-order valence-electron chi connectivity index (χ4n) is 2.89. The van der Waals surface area contributed by atoms with Crippen LogP contribution in [-0.4, -0.2) is 42.1 Å². The Bertz CT molecular complexity index is 755. The van der Waals surface area contributed by atoms with E-state index in [-0.39, 0.29) is 10.9 Å². The predicted octanol–water partition coefficient (Wildman–Crippen LogP) is 1.06. The molecule has 2 aromatic rings. The second-order valence-electron chi connectivity index (χ2n) is 5.50. The van der Waals surface area contributed by atoms with Gasteiger partial charge in [0.15, 0.2) is 0 Å². The van der Waals surface area contributed by atoms with Gasteiger partial charge in [0.05, 0.1) is 11.7 Å². The number of hydrogen-bond acceptors (Lipinski definition) is 4. The van der Waals surface area contributed by atoms with Gasteiger partial charge < -0.3 is 5.32 Å². The summed E-state index contributed by atoms with van der Waals surface area (Å²) in [6.45, 7) is 3.45. The highest BCUT2D eigenvalue weighted by Crippen LogP contribution is 2.29. The first-order valence-electron chi connectivity index (χ1n) is 7.28. The van der Waals surface area contributed by atoms with Gasteiger partial charge in [0.1, 0.15) is 4.90 Å². The molecular weight excluding hydrogens is 300 g/mol. The van der Waals surface area contributed by atoms with Gasteiger partial charge in [-0.15, -0.1) is 0 Å². The molecule has 0 spiro atoms. The molecule has 0 radical (unpaired) electrons. The van der Waals surface area contributed by atoms with Crippen LogP contribution in [0, 0.1) is 6.92 Å². The molecule has 6 nitrogen and oxygen atoms in total. The van der Waals surface area contributed by atoms with Crippen molar-refractivity contribution in [3.8, 4) is 0 Å². The third kappa shape index (κ3) is 2.67. The van der Waals surface area contributed by atoms with E-state index < -0.39 is 10.0 Å². The number of nitrogens with zero attached hydrogens (tertiary/aromatic N) is 3. The van der Waals surface area contributed by atoms with Crippen molar-refractivity contribution in [2.75, 3.05) is 19.6 Å². The van der Waals surface area contributed by atoms with E-state index in [2.05, 4.69) is 10.4 Å². The summed E-state index contributed by atoms with van der Waals surface area (Å²) in [5.41, 5.74) is 1.53. The molecular formula is C15H20N4O2S. The number of sulfonamides is 1. The summed E-state index contributed by atoms with van der Waals surface area (Å²) >= 11 is 0. The van der Waals surface area contributed by atoms with Gasteiger partial charge in [-0.2, -0.15) is 9.40 Å². The Morgan fingerprint density at radius 2 is 2.00 bits per heavy atom. The lowest BCUT2D eigenvalue weighted by molar-refractivity contribution is 0.271. The van der Waals surface area contributed by atoms with Crippen molar-refractivity contribution in [2.24, 2.45) is 7.05 Å². The Hall–Kier alpha value is -1.70. The third-order valence-electron chi connectivity index (χ3n) is 3.93. The van der Waals surface area contributed by atoms with Crippen LogP contribution in [0.1, 0.15) is 17.3 Å². The van der Waals surface area contributed by atoms with Crippen LogP contribution in [-0.2, 0) is 17.1 Å². The largest absolute Gasteiger partial charge is 0.313 e. The predicted molar refractivity (Wildman–Crippen MR) is 83.9 cm³/mol. The lowest BCUT2D eigenvalue weighted by Gasteiger charge is -2.35. The van der Waals surface area contributed by atoms with E-state index in [0.29, 0.717) is 25.3 Å². The zero-order valence-corrected chi connectivity index (χ0v) is 13.5. The number of piperazine rings is 1. The zero-order chi connectivity index (χ0) is 15.7. The summed E-state index contributed by atoms with van der Waals surface area (Å²) in [6, 6.07) is 9.55. The van der Waals surface area contributed by atoms with Crippen LogP contribution in [0.2, 0.25) is 0 Å². The highest BCUT2D eigenvalue weighted by molar-refractivity contribution is 7.89. The molecule has 2 heterocycles. The Morgan fingerprint density at radius 3 is 2.64 bits per heavy atom. The molecule has 22 heavy (non-hydrogen) atoms. The SMILES string of the molecule is Cc1nn(C)cc1S(=O)(=O)N1CCNCC1c1ccccc1. The average Bonchev–Trinajstić information content (AvgIpc) is 2.87. The van der Waals surface area contributed by atoms with Gasteiger partial charge in [-0.05, 0) is 12.5 Å². The minimum atomic E-state index is -3.56. The number of rotatable bonds is 3. The fourth-order valence-corrected chi connectivity index (χ4v) is 4.71. The molecule has 1 N–H and O–H groups in total. The van der Waals surface area contributed by atoms with E-state index in [1.54, 1.807) is 29.2 Å². The van der Waals surface area contributed by atoms with Crippen molar-refractivity contribution in [1.82, 2.24) is 19.4 Å². The minimum Gasteiger partial charge on any atom is -0.313 e. The number of hydrogen-bond donors (Lipinski definition) is 1. The third-order valence-corrected chi connectivity index (χ3v) is 5.94. The summed E-state index contributed by atoms with van der Waals surface area (Å²) in [5.74, 6) is 0. The van der Waals surface area contributed by atoms with Crippen molar-refractivity contribution in [2.45, 2.75) is 17.9 Å². The van der Waals surface area contributed by atoms with Crippen LogP contribution >= 0.6 is 0 Å². The summed E-state index contributed by atoms with van der Waals surface area (Å²) in [7, 11) is -1.82. The lowest BCUT2D eigenvalue weighted by Crippen LogP contribution is -2.48. The van der Waals surface area contributed by atoms with E-state index >= 15 is 0 Å². The van der Waals surface area contributed by atoms with Gasteiger partial charge in [-0.25, -0.2) is 8.42 Å². The molecule has 1 unspecified atom stereocenters. The zero-order valence-electron chi connectivity index (χ0n) is 12.7. The average molecular weight is 320 g/mol. The molecule has 0 saturated carbocycles. The Morgan fingerprint density at radius 1 is 1.27 bits per heavy atom. The van der Waals surface area contributed by atoms with Crippen molar-refractivity contribution in [3.63, 3.8) is 0 Å². The molecule has 7 heteroatoms. The molecule has 1 atom stereocenters. The molecule has 1 aliphatic rings. The first-order chi connectivity index (χ1) is 10.5. The van der Waals surface area contributed by atoms with E-state index in [1.165, 1.54) is 0 Å². The molecule has 1 aliphatic heterocycles. The molecule has 0 amide bonds. The first-order valence-corrected chi connectivity index (χ1v) is 8.72. The van der Waals surface area contributed by atoms with Crippen LogP contribution in [0.25, 0.3) is 0 Å². The quantitative estimate of drug-likeness (QED) is 0.918. The van der Waals surface area contributed by atoms with E-state index in [1.807, 2.05) is 30.3 Å². The molecule has 1 fully saturated rings. The van der Waals surface area contributed by atoms with Gasteiger partial charge >= 0.3 is 0 Å². The number of nitrogens with one attached hydrogen (secondary N) is 1. The molecule has 118 valence electrons. The van der Waals surface area contributed by atoms with Crippen molar-refractivity contribution >= 4 is 10.0 Å². The molecule has 1 aromatic carbocycles. The normalized spacial score (nSPS) is 20.2. The highest BCUT2D eigenvalue weighted by atomic mass is 32.2. The standard InChI is InChI=1S/C15H20N4O2S/c1-12-15(11-18(2)17-12)22(20,21)19-9-8-16-10-14(19)13-6-4-3-5-7-13/h3-7,11,14,16H,8-10H2,1-2H3. The van der Waals surface area contributed by atoms with Gasteiger partial charge in [-0.1, -0.05) is 30.3 Å². The Balaban J connectivity index is 2.02. The molecule has 3 rings (SSSR count). The fraction of sp³-hybridized carbons (Fsp3) is 0.400. The van der Waals surface area contributed by atoms with E-state index in [0.717, 1.165) is 5.56 Å². The summed E-state index contributed by atoms with van der Waals surface area (Å²) < 4.78 is 29.2. The Labute approximate surface area is 130 Å². The Kier molecular flexibility index (Phi) is 4.03. The molecule has 0 bridgehead atoms. The van der Waals surface area contributed by atoms with Crippen LogP contribution in [0.5, 0.6) is 0 Å². The van der Waals surface area contributed by atoms with Crippen LogP contribution in [0.4, 0.5) is 0 Å². The molecule has 1 aromatic heterocycles. The summed E-state index contributed by atoms with van der Waals surface area (Å²) in [4.78, 5) is 0.290. The second kappa shape index (κ2) is 5.83. The summed E-state index contributed by atoms with van der Waals surface area (Å²) in [5, 5.41) is 7.44. The van der Waals surface area contributed by atoms with Crippen molar-refractivity contribution in [1.29, 1.82) is 0 Å². The maximum Gasteiger partial charge on any atom is 0.247 e. The molecule has 1 saturated heterocycles. The monoisotopic (exact) mass is 320 g/mol. The van der Waals surface area contributed by atoms with Crippen LogP contribution < -0.4 is 5.32 Å². The molecule has 0 aliphatic carbocycles. The number of aryl methyl sites for hydroxylation is 2. The van der Waals surface area contributed by atoms with Gasteiger partial charge in [0, 0.05) is 32.9 Å². The number of aromatic nitrogens is 2.